The fourth-order valence-corrected chi connectivity index (χ4v) is 3.32. The van der Waals surface area contributed by atoms with Crippen LogP contribution in [0.3, 0.4) is 0 Å². The number of nitriles is 1. The molecule has 0 radical (unpaired) electrons. The van der Waals surface area contributed by atoms with E-state index in [9.17, 15) is 4.79 Å². The number of amides is 1. The van der Waals surface area contributed by atoms with E-state index in [0.29, 0.717) is 11.3 Å². The van der Waals surface area contributed by atoms with Crippen molar-refractivity contribution in [3.05, 3.63) is 53.6 Å². The Morgan fingerprint density at radius 2 is 1.93 bits per heavy atom. The first kappa shape index (κ1) is 19.7. The van der Waals surface area contributed by atoms with E-state index in [1.807, 2.05) is 13.0 Å². The van der Waals surface area contributed by atoms with Crippen LogP contribution in [0.25, 0.3) is 0 Å². The highest BCUT2D eigenvalue weighted by molar-refractivity contribution is 5.92. The summed E-state index contributed by atoms with van der Waals surface area (Å²) >= 11 is 0. The van der Waals surface area contributed by atoms with Crippen LogP contribution < -0.4 is 15.0 Å². The third-order valence-electron chi connectivity index (χ3n) is 5.04. The van der Waals surface area contributed by atoms with Gasteiger partial charge in [0.15, 0.2) is 6.61 Å². The molecule has 0 atom stereocenters. The summed E-state index contributed by atoms with van der Waals surface area (Å²) in [5.74, 6) is 0.165. The lowest BCUT2D eigenvalue weighted by Gasteiger charge is -2.35. The van der Waals surface area contributed by atoms with E-state index in [1.165, 1.54) is 5.69 Å². The van der Waals surface area contributed by atoms with Crippen LogP contribution in [0.5, 0.6) is 5.75 Å². The standard InChI is InChI=1S/C22H26N4O2/c1-3-25-10-12-26(13-11-25)19-8-9-20(17(2)14-19)24-22(27)16-28-21-7-5-4-6-18(21)15-23/h4-9,14H,3,10-13,16H2,1-2H3,(H,24,27). The smallest absolute Gasteiger partial charge is 0.262 e. The number of para-hydroxylation sites is 1. The van der Waals surface area contributed by atoms with Crippen molar-refractivity contribution in [1.82, 2.24) is 4.90 Å². The fourth-order valence-electron chi connectivity index (χ4n) is 3.32. The summed E-state index contributed by atoms with van der Waals surface area (Å²) in [5, 5.41) is 12.0. The Hall–Kier alpha value is -3.04. The van der Waals surface area contributed by atoms with Crippen molar-refractivity contribution >= 4 is 17.3 Å². The molecule has 0 aliphatic carbocycles. The van der Waals surface area contributed by atoms with E-state index < -0.39 is 0 Å². The molecule has 2 aromatic carbocycles. The van der Waals surface area contributed by atoms with Gasteiger partial charge in [-0.3, -0.25) is 4.79 Å². The van der Waals surface area contributed by atoms with Crippen LogP contribution in [0.4, 0.5) is 11.4 Å². The van der Waals surface area contributed by atoms with E-state index in [-0.39, 0.29) is 12.5 Å². The van der Waals surface area contributed by atoms with Gasteiger partial charge in [0.1, 0.15) is 11.8 Å². The highest BCUT2D eigenvalue weighted by atomic mass is 16.5. The molecule has 0 unspecified atom stereocenters. The van der Waals surface area contributed by atoms with Crippen molar-refractivity contribution in [2.45, 2.75) is 13.8 Å². The lowest BCUT2D eigenvalue weighted by atomic mass is 10.1. The molecule has 2 aromatic rings. The molecule has 1 heterocycles. The number of benzene rings is 2. The molecule has 1 fully saturated rings. The number of anilines is 2. The Morgan fingerprint density at radius 1 is 1.18 bits per heavy atom. The Kier molecular flexibility index (Phi) is 6.51. The maximum absolute atomic E-state index is 12.3. The number of carbonyl (C=O) groups is 1. The van der Waals surface area contributed by atoms with Crippen molar-refractivity contribution in [2.75, 3.05) is 49.5 Å². The number of hydrogen-bond acceptors (Lipinski definition) is 5. The van der Waals surface area contributed by atoms with Crippen LogP contribution in [0, 0.1) is 18.3 Å². The Morgan fingerprint density at radius 3 is 2.61 bits per heavy atom. The summed E-state index contributed by atoms with van der Waals surface area (Å²) in [5.41, 5.74) is 3.39. The molecule has 0 aromatic heterocycles. The minimum atomic E-state index is -0.250. The number of hydrogen-bond donors (Lipinski definition) is 1. The zero-order valence-electron chi connectivity index (χ0n) is 16.4. The predicted molar refractivity (Wildman–Crippen MR) is 111 cm³/mol. The van der Waals surface area contributed by atoms with E-state index in [2.05, 4.69) is 40.2 Å². The minimum Gasteiger partial charge on any atom is -0.482 e. The lowest BCUT2D eigenvalue weighted by Crippen LogP contribution is -2.46. The van der Waals surface area contributed by atoms with Gasteiger partial charge < -0.3 is 19.9 Å². The van der Waals surface area contributed by atoms with Crippen LogP contribution in [0.2, 0.25) is 0 Å². The second kappa shape index (κ2) is 9.25. The molecule has 6 nitrogen and oxygen atoms in total. The number of ether oxygens (including phenoxy) is 1. The number of piperazine rings is 1. The molecule has 1 amide bonds. The number of nitrogens with zero attached hydrogens (tertiary/aromatic N) is 3. The highest BCUT2D eigenvalue weighted by Crippen LogP contribution is 2.24. The molecule has 1 aliphatic heterocycles. The van der Waals surface area contributed by atoms with Gasteiger partial charge in [-0.15, -0.1) is 0 Å². The number of likely N-dealkylation sites (N-methyl/N-ethyl adjacent to an activating group) is 1. The van der Waals surface area contributed by atoms with Crippen LogP contribution in [0.15, 0.2) is 42.5 Å². The van der Waals surface area contributed by atoms with E-state index in [1.54, 1.807) is 24.3 Å². The van der Waals surface area contributed by atoms with Gasteiger partial charge in [-0.25, -0.2) is 0 Å². The fraction of sp³-hybridized carbons (Fsp3) is 0.364. The molecule has 1 saturated heterocycles. The van der Waals surface area contributed by atoms with Crippen molar-refractivity contribution in [3.63, 3.8) is 0 Å². The Balaban J connectivity index is 1.57. The monoisotopic (exact) mass is 378 g/mol. The molecule has 28 heavy (non-hydrogen) atoms. The van der Waals surface area contributed by atoms with Crippen molar-refractivity contribution < 1.29 is 9.53 Å². The van der Waals surface area contributed by atoms with Crippen molar-refractivity contribution in [1.29, 1.82) is 5.26 Å². The Bertz CT molecular complexity index is 867. The summed E-state index contributed by atoms with van der Waals surface area (Å²) in [7, 11) is 0. The normalized spacial score (nSPS) is 14.4. The van der Waals surface area contributed by atoms with E-state index >= 15 is 0 Å². The van der Waals surface area contributed by atoms with Gasteiger partial charge in [-0.1, -0.05) is 19.1 Å². The lowest BCUT2D eigenvalue weighted by molar-refractivity contribution is -0.118. The van der Waals surface area contributed by atoms with Crippen LogP contribution in [0.1, 0.15) is 18.1 Å². The maximum Gasteiger partial charge on any atom is 0.262 e. The molecule has 6 heteroatoms. The molecule has 146 valence electrons. The number of nitrogens with one attached hydrogen (secondary N) is 1. The second-order valence-corrected chi connectivity index (χ2v) is 6.87. The molecule has 0 bridgehead atoms. The molecule has 1 aliphatic rings. The zero-order chi connectivity index (χ0) is 19.9. The molecule has 0 saturated carbocycles. The summed E-state index contributed by atoms with van der Waals surface area (Å²) < 4.78 is 5.49. The van der Waals surface area contributed by atoms with Gasteiger partial charge >= 0.3 is 0 Å². The van der Waals surface area contributed by atoms with Crippen molar-refractivity contribution in [3.8, 4) is 11.8 Å². The van der Waals surface area contributed by atoms with Gasteiger partial charge in [0.2, 0.25) is 0 Å². The van der Waals surface area contributed by atoms with E-state index in [0.717, 1.165) is 44.0 Å². The van der Waals surface area contributed by atoms with Gasteiger partial charge in [0.05, 0.1) is 5.56 Å². The highest BCUT2D eigenvalue weighted by Gasteiger charge is 2.16. The molecule has 1 N–H and O–H groups in total. The van der Waals surface area contributed by atoms with Gasteiger partial charge in [0, 0.05) is 37.6 Å². The largest absolute Gasteiger partial charge is 0.482 e. The maximum atomic E-state index is 12.3. The van der Waals surface area contributed by atoms with Gasteiger partial charge in [-0.2, -0.15) is 5.26 Å². The zero-order valence-corrected chi connectivity index (χ0v) is 16.4. The molecular formula is C22H26N4O2. The van der Waals surface area contributed by atoms with Crippen LogP contribution in [-0.2, 0) is 4.79 Å². The third kappa shape index (κ3) is 4.81. The molecule has 0 spiro atoms. The first-order valence-corrected chi connectivity index (χ1v) is 9.60. The first-order valence-electron chi connectivity index (χ1n) is 9.60. The summed E-state index contributed by atoms with van der Waals surface area (Å²) in [4.78, 5) is 17.1. The van der Waals surface area contributed by atoms with Gasteiger partial charge in [-0.05, 0) is 49.4 Å². The van der Waals surface area contributed by atoms with Crippen LogP contribution in [-0.4, -0.2) is 50.1 Å². The summed E-state index contributed by atoms with van der Waals surface area (Å²) in [6.45, 7) is 9.34. The predicted octanol–water partition coefficient (Wildman–Crippen LogP) is 3.03. The van der Waals surface area contributed by atoms with Crippen LogP contribution >= 0.6 is 0 Å². The molecule has 3 rings (SSSR count). The number of aryl methyl sites for hydroxylation is 1. The summed E-state index contributed by atoms with van der Waals surface area (Å²) in [6, 6.07) is 15.1. The second-order valence-electron chi connectivity index (χ2n) is 6.87. The number of rotatable bonds is 6. The Labute approximate surface area is 166 Å². The first-order chi connectivity index (χ1) is 13.6. The number of carbonyl (C=O) groups excluding carboxylic acids is 1. The minimum absolute atomic E-state index is 0.140. The average Bonchev–Trinajstić information content (AvgIpc) is 2.74. The van der Waals surface area contributed by atoms with E-state index in [4.69, 9.17) is 10.00 Å². The molecular weight excluding hydrogens is 352 g/mol. The van der Waals surface area contributed by atoms with Crippen molar-refractivity contribution in [2.24, 2.45) is 0 Å². The third-order valence-corrected chi connectivity index (χ3v) is 5.04. The SMILES string of the molecule is CCN1CCN(c2ccc(NC(=O)COc3ccccc3C#N)c(C)c2)CC1. The average molecular weight is 378 g/mol. The quantitative estimate of drug-likeness (QED) is 0.837. The van der Waals surface area contributed by atoms with Gasteiger partial charge in [0.25, 0.3) is 5.91 Å². The topological polar surface area (TPSA) is 68.6 Å². The summed E-state index contributed by atoms with van der Waals surface area (Å²) in [6.07, 6.45) is 0.